The minimum Gasteiger partial charge on any atom is -0.393 e. The van der Waals surface area contributed by atoms with E-state index in [1.165, 1.54) is 0 Å². The Bertz CT molecular complexity index is 352. The lowest BCUT2D eigenvalue weighted by Gasteiger charge is -2.25. The maximum atomic E-state index is 9.50. The number of hydrogen-bond acceptors (Lipinski definition) is 3. The summed E-state index contributed by atoms with van der Waals surface area (Å²) in [5, 5.41) is 22.3. The van der Waals surface area contributed by atoms with Crippen molar-refractivity contribution in [2.75, 3.05) is 0 Å². The van der Waals surface area contributed by atoms with E-state index in [4.69, 9.17) is 5.26 Å². The molecule has 0 aromatic carbocycles. The van der Waals surface area contributed by atoms with Gasteiger partial charge < -0.3 is 5.11 Å². The highest BCUT2D eigenvalue weighted by atomic mass is 16.3. The lowest BCUT2D eigenvalue weighted by Crippen LogP contribution is -2.22. The summed E-state index contributed by atoms with van der Waals surface area (Å²) in [6, 6.07) is 2.32. The van der Waals surface area contributed by atoms with Gasteiger partial charge in [-0.25, -0.2) is 0 Å². The van der Waals surface area contributed by atoms with Crippen LogP contribution in [0.2, 0.25) is 0 Å². The van der Waals surface area contributed by atoms with Gasteiger partial charge in [0.2, 0.25) is 0 Å². The molecule has 1 aliphatic rings. The Morgan fingerprint density at radius 2 is 2.43 bits per heavy atom. The third kappa shape index (κ3) is 1.78. The van der Waals surface area contributed by atoms with E-state index in [0.29, 0.717) is 5.56 Å². The average Bonchev–Trinajstić information content (AvgIpc) is 2.66. The molecule has 0 bridgehead atoms. The van der Waals surface area contributed by atoms with Crippen LogP contribution in [0.3, 0.4) is 0 Å². The first-order chi connectivity index (χ1) is 6.79. The van der Waals surface area contributed by atoms with Crippen molar-refractivity contribution in [3.63, 3.8) is 0 Å². The summed E-state index contributed by atoms with van der Waals surface area (Å²) >= 11 is 0. The van der Waals surface area contributed by atoms with E-state index in [1.54, 1.807) is 17.1 Å². The van der Waals surface area contributed by atoms with Crippen molar-refractivity contribution in [1.29, 1.82) is 5.26 Å². The van der Waals surface area contributed by atoms with Crippen LogP contribution in [0.4, 0.5) is 0 Å². The number of aliphatic hydroxyl groups is 1. The van der Waals surface area contributed by atoms with Crippen LogP contribution >= 0.6 is 0 Å². The monoisotopic (exact) mass is 191 g/mol. The quantitative estimate of drug-likeness (QED) is 0.726. The SMILES string of the molecule is N#Cc1cnn(C2CCCC(O)C2)c1. The minimum absolute atomic E-state index is 0.205. The van der Waals surface area contributed by atoms with Gasteiger partial charge in [0, 0.05) is 6.20 Å². The Morgan fingerprint density at radius 1 is 1.57 bits per heavy atom. The normalized spacial score (nSPS) is 27.1. The van der Waals surface area contributed by atoms with Gasteiger partial charge >= 0.3 is 0 Å². The number of hydrogen-bond donors (Lipinski definition) is 1. The average molecular weight is 191 g/mol. The van der Waals surface area contributed by atoms with Crippen molar-refractivity contribution in [2.45, 2.75) is 37.8 Å². The summed E-state index contributed by atoms with van der Waals surface area (Å²) in [6.07, 6.45) is 6.85. The zero-order chi connectivity index (χ0) is 9.97. The molecule has 14 heavy (non-hydrogen) atoms. The molecule has 4 nitrogen and oxygen atoms in total. The highest BCUT2D eigenvalue weighted by Gasteiger charge is 2.21. The number of rotatable bonds is 1. The molecule has 2 atom stereocenters. The van der Waals surface area contributed by atoms with Crippen molar-refractivity contribution in [2.24, 2.45) is 0 Å². The van der Waals surface area contributed by atoms with E-state index >= 15 is 0 Å². The molecule has 1 aromatic heterocycles. The second-order valence-corrected chi connectivity index (χ2v) is 3.80. The molecule has 2 rings (SSSR count). The Kier molecular flexibility index (Phi) is 2.51. The molecule has 74 valence electrons. The zero-order valence-electron chi connectivity index (χ0n) is 7.93. The predicted molar refractivity (Wildman–Crippen MR) is 50.5 cm³/mol. The third-order valence-corrected chi connectivity index (χ3v) is 2.72. The van der Waals surface area contributed by atoms with Crippen LogP contribution in [-0.2, 0) is 0 Å². The van der Waals surface area contributed by atoms with E-state index < -0.39 is 0 Å². The predicted octanol–water partition coefficient (Wildman–Crippen LogP) is 1.23. The first-order valence-electron chi connectivity index (χ1n) is 4.92. The second kappa shape index (κ2) is 3.81. The molecule has 0 aliphatic heterocycles. The summed E-state index contributed by atoms with van der Waals surface area (Å²) in [7, 11) is 0. The standard InChI is InChI=1S/C10H13N3O/c11-5-8-6-12-13(7-8)9-2-1-3-10(14)4-9/h6-7,9-10,14H,1-4H2. The molecule has 2 unspecified atom stereocenters. The summed E-state index contributed by atoms with van der Waals surface area (Å²) in [5.41, 5.74) is 0.588. The van der Waals surface area contributed by atoms with E-state index in [2.05, 4.69) is 11.2 Å². The minimum atomic E-state index is -0.205. The number of nitriles is 1. The molecule has 0 radical (unpaired) electrons. The smallest absolute Gasteiger partial charge is 0.102 e. The van der Waals surface area contributed by atoms with E-state index in [1.807, 2.05) is 0 Å². The second-order valence-electron chi connectivity index (χ2n) is 3.80. The molecule has 0 saturated heterocycles. The fraction of sp³-hybridized carbons (Fsp3) is 0.600. The molecule has 1 aromatic rings. The fourth-order valence-corrected chi connectivity index (χ4v) is 1.97. The van der Waals surface area contributed by atoms with Gasteiger partial charge in [-0.1, -0.05) is 0 Å². The molecule has 1 N–H and O–H groups in total. The van der Waals surface area contributed by atoms with Crippen molar-refractivity contribution in [3.05, 3.63) is 18.0 Å². The molecule has 4 heteroatoms. The zero-order valence-corrected chi connectivity index (χ0v) is 7.93. The van der Waals surface area contributed by atoms with Gasteiger partial charge in [0.25, 0.3) is 0 Å². The van der Waals surface area contributed by atoms with Crippen molar-refractivity contribution >= 4 is 0 Å². The molecule has 1 aliphatic carbocycles. The van der Waals surface area contributed by atoms with E-state index in [-0.39, 0.29) is 12.1 Å². The Hall–Kier alpha value is -1.34. The molecule has 0 spiro atoms. The molecule has 0 amide bonds. The lowest BCUT2D eigenvalue weighted by atomic mass is 9.93. The highest BCUT2D eigenvalue weighted by Crippen LogP contribution is 2.27. The van der Waals surface area contributed by atoms with Crippen LogP contribution in [0.5, 0.6) is 0 Å². The number of aliphatic hydroxyl groups excluding tert-OH is 1. The van der Waals surface area contributed by atoms with E-state index in [9.17, 15) is 5.11 Å². The lowest BCUT2D eigenvalue weighted by molar-refractivity contribution is 0.100. The Balaban J connectivity index is 2.10. The van der Waals surface area contributed by atoms with Gasteiger partial charge in [-0.2, -0.15) is 10.4 Å². The van der Waals surface area contributed by atoms with Crippen LogP contribution < -0.4 is 0 Å². The van der Waals surface area contributed by atoms with Crippen molar-refractivity contribution in [3.8, 4) is 6.07 Å². The molecule has 1 heterocycles. The Morgan fingerprint density at radius 3 is 3.07 bits per heavy atom. The van der Waals surface area contributed by atoms with Crippen LogP contribution in [-0.4, -0.2) is 21.0 Å². The number of aromatic nitrogens is 2. The Labute approximate surface area is 82.8 Å². The molecular weight excluding hydrogens is 178 g/mol. The summed E-state index contributed by atoms with van der Waals surface area (Å²) in [5.74, 6) is 0. The first-order valence-corrected chi connectivity index (χ1v) is 4.92. The number of nitrogens with zero attached hydrogens (tertiary/aromatic N) is 3. The summed E-state index contributed by atoms with van der Waals surface area (Å²) in [6.45, 7) is 0. The van der Waals surface area contributed by atoms with Gasteiger partial charge in [-0.3, -0.25) is 4.68 Å². The van der Waals surface area contributed by atoms with Crippen LogP contribution in [0.15, 0.2) is 12.4 Å². The van der Waals surface area contributed by atoms with Crippen LogP contribution in [0.1, 0.15) is 37.3 Å². The van der Waals surface area contributed by atoms with Crippen molar-refractivity contribution < 1.29 is 5.11 Å². The first kappa shape index (κ1) is 9.22. The molecule has 1 fully saturated rings. The van der Waals surface area contributed by atoms with Gasteiger partial charge in [0.1, 0.15) is 6.07 Å². The van der Waals surface area contributed by atoms with Gasteiger partial charge in [-0.15, -0.1) is 0 Å². The van der Waals surface area contributed by atoms with Crippen LogP contribution in [0, 0.1) is 11.3 Å². The molecular formula is C10H13N3O. The largest absolute Gasteiger partial charge is 0.393 e. The summed E-state index contributed by atoms with van der Waals surface area (Å²) in [4.78, 5) is 0. The van der Waals surface area contributed by atoms with Gasteiger partial charge in [0.05, 0.1) is 23.9 Å². The van der Waals surface area contributed by atoms with E-state index in [0.717, 1.165) is 25.7 Å². The van der Waals surface area contributed by atoms with Crippen LogP contribution in [0.25, 0.3) is 0 Å². The topological polar surface area (TPSA) is 61.8 Å². The fourth-order valence-electron chi connectivity index (χ4n) is 1.97. The van der Waals surface area contributed by atoms with Gasteiger partial charge in [0.15, 0.2) is 0 Å². The maximum Gasteiger partial charge on any atom is 0.102 e. The third-order valence-electron chi connectivity index (χ3n) is 2.72. The maximum absolute atomic E-state index is 9.50. The summed E-state index contributed by atoms with van der Waals surface area (Å²) < 4.78 is 1.81. The highest BCUT2D eigenvalue weighted by molar-refractivity contribution is 5.21. The molecule has 1 saturated carbocycles. The van der Waals surface area contributed by atoms with Gasteiger partial charge in [-0.05, 0) is 25.7 Å². The van der Waals surface area contributed by atoms with Crippen molar-refractivity contribution in [1.82, 2.24) is 9.78 Å².